The van der Waals surface area contributed by atoms with Gasteiger partial charge in [-0.05, 0) is 18.6 Å². The molecule has 1 saturated heterocycles. The molecule has 0 aliphatic carbocycles. The van der Waals surface area contributed by atoms with Crippen LogP contribution in [0.2, 0.25) is 0 Å². The van der Waals surface area contributed by atoms with Crippen LogP contribution in [-0.2, 0) is 4.74 Å². The van der Waals surface area contributed by atoms with E-state index in [0.29, 0.717) is 5.92 Å². The van der Waals surface area contributed by atoms with E-state index in [1.807, 2.05) is 11.9 Å². The lowest BCUT2D eigenvalue weighted by Gasteiger charge is -2.21. The zero-order valence-corrected chi connectivity index (χ0v) is 8.82. The number of nitrogens with zero attached hydrogens (tertiary/aromatic N) is 2. The third-order valence-corrected chi connectivity index (χ3v) is 2.66. The monoisotopic (exact) mass is 210 g/mol. The number of halogens is 1. The molecule has 0 amide bonds. The number of hydrogen-bond donors (Lipinski definition) is 0. The number of anilines is 1. The van der Waals surface area contributed by atoms with E-state index in [0.717, 1.165) is 32.0 Å². The van der Waals surface area contributed by atoms with E-state index >= 15 is 0 Å². The second kappa shape index (κ2) is 4.57. The first-order chi connectivity index (χ1) is 7.25. The highest BCUT2D eigenvalue weighted by Gasteiger charge is 2.17. The van der Waals surface area contributed by atoms with Crippen molar-refractivity contribution in [3.05, 3.63) is 24.1 Å². The summed E-state index contributed by atoms with van der Waals surface area (Å²) in [5.74, 6) is 1.08. The summed E-state index contributed by atoms with van der Waals surface area (Å²) in [6, 6.07) is 3.13. The van der Waals surface area contributed by atoms with Gasteiger partial charge in [-0.25, -0.2) is 9.37 Å². The molecule has 0 bridgehead atoms. The van der Waals surface area contributed by atoms with E-state index in [-0.39, 0.29) is 5.82 Å². The Bertz CT molecular complexity index is 309. The Morgan fingerprint density at radius 1 is 1.60 bits per heavy atom. The zero-order chi connectivity index (χ0) is 10.7. The number of hydrogen-bond acceptors (Lipinski definition) is 3. The van der Waals surface area contributed by atoms with Crippen LogP contribution in [0.3, 0.4) is 0 Å². The third-order valence-electron chi connectivity index (χ3n) is 2.66. The summed E-state index contributed by atoms with van der Waals surface area (Å²) >= 11 is 0. The van der Waals surface area contributed by atoms with Crippen molar-refractivity contribution in [2.75, 3.05) is 31.7 Å². The normalized spacial score (nSPS) is 20.5. The summed E-state index contributed by atoms with van der Waals surface area (Å²) in [6.45, 7) is 2.60. The van der Waals surface area contributed by atoms with Gasteiger partial charge in [-0.2, -0.15) is 0 Å². The fourth-order valence-corrected chi connectivity index (χ4v) is 1.80. The maximum Gasteiger partial charge on any atom is 0.141 e. The van der Waals surface area contributed by atoms with Gasteiger partial charge < -0.3 is 9.64 Å². The summed E-state index contributed by atoms with van der Waals surface area (Å²) in [7, 11) is 1.97. The number of pyridine rings is 1. The second-order valence-electron chi connectivity index (χ2n) is 3.94. The van der Waals surface area contributed by atoms with E-state index in [1.165, 1.54) is 12.3 Å². The lowest BCUT2D eigenvalue weighted by molar-refractivity contribution is 0.186. The Labute approximate surface area is 88.9 Å². The van der Waals surface area contributed by atoms with E-state index in [4.69, 9.17) is 4.74 Å². The molecule has 82 valence electrons. The average Bonchev–Trinajstić information content (AvgIpc) is 2.71. The Morgan fingerprint density at radius 3 is 3.07 bits per heavy atom. The molecule has 1 aromatic rings. The largest absolute Gasteiger partial charge is 0.381 e. The van der Waals surface area contributed by atoms with Crippen LogP contribution >= 0.6 is 0 Å². The molecule has 1 atom stereocenters. The molecule has 0 spiro atoms. The molecule has 0 radical (unpaired) electrons. The molecule has 15 heavy (non-hydrogen) atoms. The maximum atomic E-state index is 12.7. The fraction of sp³-hybridized carbons (Fsp3) is 0.545. The van der Waals surface area contributed by atoms with Crippen LogP contribution in [0.5, 0.6) is 0 Å². The highest BCUT2D eigenvalue weighted by Crippen LogP contribution is 2.16. The van der Waals surface area contributed by atoms with Gasteiger partial charge in [0.1, 0.15) is 11.6 Å². The van der Waals surface area contributed by atoms with Crippen molar-refractivity contribution in [1.29, 1.82) is 0 Å². The molecular formula is C11H15FN2O. The van der Waals surface area contributed by atoms with Crippen LogP contribution in [0.4, 0.5) is 10.2 Å². The van der Waals surface area contributed by atoms with Gasteiger partial charge in [0.05, 0.1) is 12.8 Å². The first-order valence-electron chi connectivity index (χ1n) is 5.16. The van der Waals surface area contributed by atoms with Crippen molar-refractivity contribution in [1.82, 2.24) is 4.98 Å². The number of aromatic nitrogens is 1. The predicted octanol–water partition coefficient (Wildman–Crippen LogP) is 1.69. The molecule has 2 heterocycles. The minimum Gasteiger partial charge on any atom is -0.381 e. The summed E-state index contributed by atoms with van der Waals surface area (Å²) in [4.78, 5) is 6.07. The van der Waals surface area contributed by atoms with Crippen molar-refractivity contribution in [2.24, 2.45) is 5.92 Å². The van der Waals surface area contributed by atoms with Gasteiger partial charge in [0.15, 0.2) is 0 Å². The van der Waals surface area contributed by atoms with Gasteiger partial charge in [0, 0.05) is 26.1 Å². The van der Waals surface area contributed by atoms with Gasteiger partial charge in [-0.1, -0.05) is 0 Å². The molecule has 1 fully saturated rings. The Kier molecular flexibility index (Phi) is 3.16. The van der Waals surface area contributed by atoms with E-state index in [2.05, 4.69) is 4.98 Å². The molecule has 2 rings (SSSR count). The van der Waals surface area contributed by atoms with Crippen molar-refractivity contribution in [3.8, 4) is 0 Å². The van der Waals surface area contributed by atoms with Gasteiger partial charge in [0.2, 0.25) is 0 Å². The van der Waals surface area contributed by atoms with Gasteiger partial charge in [-0.15, -0.1) is 0 Å². The minimum absolute atomic E-state index is 0.295. The Morgan fingerprint density at radius 2 is 2.47 bits per heavy atom. The lowest BCUT2D eigenvalue weighted by Crippen LogP contribution is -2.26. The summed E-state index contributed by atoms with van der Waals surface area (Å²) in [5, 5.41) is 0. The summed E-state index contributed by atoms with van der Waals surface area (Å²) in [5.41, 5.74) is 0. The number of rotatable bonds is 3. The van der Waals surface area contributed by atoms with Crippen LogP contribution in [0, 0.1) is 11.7 Å². The molecule has 1 unspecified atom stereocenters. The quantitative estimate of drug-likeness (QED) is 0.759. The Balaban J connectivity index is 1.94. The van der Waals surface area contributed by atoms with E-state index in [9.17, 15) is 4.39 Å². The zero-order valence-electron chi connectivity index (χ0n) is 8.82. The summed E-state index contributed by atoms with van der Waals surface area (Å²) < 4.78 is 18.0. The third kappa shape index (κ3) is 2.65. The molecule has 4 heteroatoms. The highest BCUT2D eigenvalue weighted by molar-refractivity contribution is 5.36. The van der Waals surface area contributed by atoms with Crippen LogP contribution in [0.15, 0.2) is 18.3 Å². The molecule has 0 saturated carbocycles. The Hall–Kier alpha value is -1.16. The van der Waals surface area contributed by atoms with Crippen LogP contribution < -0.4 is 4.90 Å². The smallest absolute Gasteiger partial charge is 0.141 e. The molecule has 1 aliphatic rings. The first-order valence-corrected chi connectivity index (χ1v) is 5.16. The molecular weight excluding hydrogens is 195 g/mol. The van der Waals surface area contributed by atoms with Crippen LogP contribution in [-0.4, -0.2) is 31.8 Å². The van der Waals surface area contributed by atoms with Crippen molar-refractivity contribution in [3.63, 3.8) is 0 Å². The van der Waals surface area contributed by atoms with Gasteiger partial charge in [0.25, 0.3) is 0 Å². The standard InChI is InChI=1S/C11H15FN2O/c1-14(7-9-4-5-15-8-9)11-3-2-10(12)6-13-11/h2-3,6,9H,4-5,7-8H2,1H3. The molecule has 3 nitrogen and oxygen atoms in total. The van der Waals surface area contributed by atoms with E-state index < -0.39 is 0 Å². The molecule has 0 N–H and O–H groups in total. The van der Waals surface area contributed by atoms with Crippen molar-refractivity contribution < 1.29 is 9.13 Å². The van der Waals surface area contributed by atoms with Gasteiger partial charge in [-0.3, -0.25) is 0 Å². The fourth-order valence-electron chi connectivity index (χ4n) is 1.80. The maximum absolute atomic E-state index is 12.7. The molecule has 1 aliphatic heterocycles. The van der Waals surface area contributed by atoms with E-state index in [1.54, 1.807) is 6.07 Å². The molecule has 0 aromatic carbocycles. The number of ether oxygens (including phenoxy) is 1. The van der Waals surface area contributed by atoms with Crippen LogP contribution in [0.25, 0.3) is 0 Å². The van der Waals surface area contributed by atoms with Crippen molar-refractivity contribution >= 4 is 5.82 Å². The van der Waals surface area contributed by atoms with Crippen LogP contribution in [0.1, 0.15) is 6.42 Å². The summed E-state index contributed by atoms with van der Waals surface area (Å²) in [6.07, 6.45) is 2.35. The molecule has 1 aromatic heterocycles. The average molecular weight is 210 g/mol. The highest BCUT2D eigenvalue weighted by atomic mass is 19.1. The predicted molar refractivity (Wildman–Crippen MR) is 56.4 cm³/mol. The lowest BCUT2D eigenvalue weighted by atomic mass is 10.1. The topological polar surface area (TPSA) is 25.4 Å². The SMILES string of the molecule is CN(CC1CCOC1)c1ccc(F)cn1. The van der Waals surface area contributed by atoms with Crippen molar-refractivity contribution in [2.45, 2.75) is 6.42 Å². The first kappa shape index (κ1) is 10.4. The second-order valence-corrected chi connectivity index (χ2v) is 3.94. The van der Waals surface area contributed by atoms with Gasteiger partial charge >= 0.3 is 0 Å². The minimum atomic E-state index is -0.295.